The Morgan fingerprint density at radius 1 is 1.06 bits per heavy atom. The number of hydrogen-bond donors (Lipinski definition) is 0. The number of aromatic nitrogens is 1. The summed E-state index contributed by atoms with van der Waals surface area (Å²) in [6, 6.07) is 8.66. The van der Waals surface area contributed by atoms with Crippen molar-refractivity contribution in [2.75, 3.05) is 11.9 Å². The number of hydrogen-bond acceptors (Lipinski definition) is 3. The SMILES string of the molecule is C[N+]1=C2C=CC=CC2C(=O)N(c2ncc(C#Cc3ccccc3)cc2C(F)(F)F)C1=O. The Kier molecular flexibility index (Phi) is 5.03. The van der Waals surface area contributed by atoms with Gasteiger partial charge in [0, 0.05) is 17.3 Å². The number of halogens is 3. The third-order valence-corrected chi connectivity index (χ3v) is 4.86. The Bertz CT molecular complexity index is 1230. The largest absolute Gasteiger partial charge is 0.507 e. The van der Waals surface area contributed by atoms with Crippen molar-refractivity contribution in [2.24, 2.45) is 5.92 Å². The van der Waals surface area contributed by atoms with Crippen LogP contribution in [0.15, 0.2) is 66.9 Å². The molecule has 4 rings (SSSR count). The summed E-state index contributed by atoms with van der Waals surface area (Å²) in [6.07, 6.45) is 2.64. The highest BCUT2D eigenvalue weighted by molar-refractivity contribution is 6.25. The third kappa shape index (κ3) is 3.78. The molecule has 1 unspecified atom stereocenters. The van der Waals surface area contributed by atoms with E-state index < -0.39 is 35.4 Å². The first kappa shape index (κ1) is 20.3. The Balaban J connectivity index is 1.80. The van der Waals surface area contributed by atoms with Gasteiger partial charge in [0.2, 0.25) is 5.82 Å². The molecule has 1 aromatic carbocycles. The number of urea groups is 1. The predicted molar refractivity (Wildman–Crippen MR) is 108 cm³/mol. The number of pyridine rings is 1. The summed E-state index contributed by atoms with van der Waals surface area (Å²) < 4.78 is 42.7. The van der Waals surface area contributed by atoms with Crippen LogP contribution in [0.5, 0.6) is 0 Å². The summed E-state index contributed by atoms with van der Waals surface area (Å²) in [5.74, 6) is 2.99. The number of benzene rings is 1. The topological polar surface area (TPSA) is 53.3 Å². The van der Waals surface area contributed by atoms with Crippen molar-refractivity contribution in [1.29, 1.82) is 0 Å². The predicted octanol–water partition coefficient (Wildman–Crippen LogP) is 3.79. The first-order chi connectivity index (χ1) is 14.8. The molecule has 0 spiro atoms. The fraction of sp³-hybridized carbons (Fsp3) is 0.130. The van der Waals surface area contributed by atoms with E-state index in [1.165, 1.54) is 13.1 Å². The molecule has 2 aromatic rings. The van der Waals surface area contributed by atoms with Gasteiger partial charge >= 0.3 is 18.1 Å². The standard InChI is InChI=1S/C23H15F3N3O2/c1-28-19-10-6-5-9-17(19)21(30)29(22(28)31)20-18(23(24,25)26)13-16(14-27-20)12-11-15-7-3-2-4-8-15/h2-10,13-14,17H,1H3/q+1. The minimum atomic E-state index is -4.85. The number of alkyl halides is 3. The third-order valence-electron chi connectivity index (χ3n) is 4.86. The molecule has 1 atom stereocenters. The van der Waals surface area contributed by atoms with Gasteiger partial charge in [0.1, 0.15) is 17.2 Å². The van der Waals surface area contributed by atoms with Gasteiger partial charge in [-0.15, -0.1) is 4.90 Å². The van der Waals surface area contributed by atoms with Crippen LogP contribution in [0.3, 0.4) is 0 Å². The van der Waals surface area contributed by atoms with Gasteiger partial charge in [-0.1, -0.05) is 48.3 Å². The number of nitrogens with zero attached hydrogens (tertiary/aromatic N) is 3. The second-order valence-electron chi connectivity index (χ2n) is 6.87. The van der Waals surface area contributed by atoms with E-state index in [4.69, 9.17) is 0 Å². The molecule has 2 heterocycles. The van der Waals surface area contributed by atoms with Gasteiger partial charge in [0.15, 0.2) is 0 Å². The number of amides is 3. The highest BCUT2D eigenvalue weighted by atomic mass is 19.4. The van der Waals surface area contributed by atoms with Gasteiger partial charge in [-0.2, -0.15) is 22.5 Å². The van der Waals surface area contributed by atoms with E-state index in [1.54, 1.807) is 48.6 Å². The molecule has 1 aromatic heterocycles. The number of rotatable bonds is 1. The molecule has 8 heteroatoms. The van der Waals surface area contributed by atoms with Crippen molar-refractivity contribution in [2.45, 2.75) is 6.18 Å². The number of carbonyl (C=O) groups is 2. The average molecular weight is 422 g/mol. The highest BCUT2D eigenvalue weighted by Crippen LogP contribution is 2.37. The lowest BCUT2D eigenvalue weighted by Crippen LogP contribution is -2.54. The monoisotopic (exact) mass is 422 g/mol. The summed E-state index contributed by atoms with van der Waals surface area (Å²) in [4.78, 5) is 30.0. The number of anilines is 1. The Morgan fingerprint density at radius 3 is 2.48 bits per heavy atom. The molecule has 2 aliphatic rings. The molecule has 3 amide bonds. The van der Waals surface area contributed by atoms with Crippen molar-refractivity contribution >= 4 is 23.5 Å². The molecule has 154 valence electrons. The van der Waals surface area contributed by atoms with Gasteiger partial charge in [-0.3, -0.25) is 0 Å². The summed E-state index contributed by atoms with van der Waals surface area (Å²) in [7, 11) is 1.40. The normalized spacial score (nSPS) is 18.1. The highest BCUT2D eigenvalue weighted by Gasteiger charge is 2.51. The molecule has 1 aliphatic carbocycles. The summed E-state index contributed by atoms with van der Waals surface area (Å²) in [6.45, 7) is 0. The van der Waals surface area contributed by atoms with Crippen LogP contribution in [0.2, 0.25) is 0 Å². The lowest BCUT2D eigenvalue weighted by molar-refractivity contribution is -0.393. The van der Waals surface area contributed by atoms with Crippen LogP contribution in [0, 0.1) is 17.8 Å². The fourth-order valence-electron chi connectivity index (χ4n) is 3.33. The van der Waals surface area contributed by atoms with Crippen LogP contribution in [-0.2, 0) is 11.0 Å². The maximum Gasteiger partial charge on any atom is 0.507 e. The van der Waals surface area contributed by atoms with E-state index >= 15 is 0 Å². The van der Waals surface area contributed by atoms with Crippen LogP contribution in [0.1, 0.15) is 16.7 Å². The smallest absolute Gasteiger partial charge is 0.245 e. The molecular weight excluding hydrogens is 407 g/mol. The van der Waals surface area contributed by atoms with Gasteiger partial charge in [-0.25, -0.2) is 9.78 Å². The zero-order valence-corrected chi connectivity index (χ0v) is 16.2. The van der Waals surface area contributed by atoms with Crippen molar-refractivity contribution in [3.05, 3.63) is 83.6 Å². The summed E-state index contributed by atoms with van der Waals surface area (Å²) >= 11 is 0. The Hall–Kier alpha value is -3.99. The molecular formula is C23H15F3N3O2+. The van der Waals surface area contributed by atoms with Crippen LogP contribution < -0.4 is 4.90 Å². The average Bonchev–Trinajstić information content (AvgIpc) is 2.77. The second-order valence-corrected chi connectivity index (χ2v) is 6.87. The van der Waals surface area contributed by atoms with E-state index in [1.807, 2.05) is 0 Å². The molecule has 0 saturated carbocycles. The molecule has 0 N–H and O–H groups in total. The lowest BCUT2D eigenvalue weighted by atomic mass is 9.94. The van der Waals surface area contributed by atoms with E-state index in [9.17, 15) is 22.8 Å². The number of fused-ring (bicyclic) bond motifs is 1. The molecule has 1 aliphatic heterocycles. The zero-order chi connectivity index (χ0) is 22.2. The number of allylic oxidation sites excluding steroid dienone is 3. The quantitative estimate of drug-likeness (QED) is 0.519. The molecule has 5 nitrogen and oxygen atoms in total. The van der Waals surface area contributed by atoms with E-state index in [-0.39, 0.29) is 5.56 Å². The molecule has 0 radical (unpaired) electrons. The molecule has 0 fully saturated rings. The van der Waals surface area contributed by atoms with Crippen molar-refractivity contribution in [3.8, 4) is 11.8 Å². The van der Waals surface area contributed by atoms with Crippen LogP contribution in [-0.4, -0.2) is 34.3 Å². The Morgan fingerprint density at radius 2 is 1.77 bits per heavy atom. The van der Waals surface area contributed by atoms with Crippen molar-refractivity contribution in [3.63, 3.8) is 0 Å². The second kappa shape index (κ2) is 7.69. The summed E-state index contributed by atoms with van der Waals surface area (Å²) in [5.41, 5.74) is -0.171. The molecule has 0 bridgehead atoms. The maximum absolute atomic E-state index is 13.8. The first-order valence-corrected chi connectivity index (χ1v) is 9.25. The molecule has 31 heavy (non-hydrogen) atoms. The van der Waals surface area contributed by atoms with Crippen molar-refractivity contribution in [1.82, 2.24) is 4.98 Å². The Labute approximate surface area is 175 Å². The maximum atomic E-state index is 13.8. The zero-order valence-electron chi connectivity index (χ0n) is 16.2. The fourth-order valence-corrected chi connectivity index (χ4v) is 3.33. The molecule has 0 saturated heterocycles. The van der Waals surface area contributed by atoms with E-state index in [2.05, 4.69) is 16.8 Å². The van der Waals surface area contributed by atoms with Crippen LogP contribution in [0.25, 0.3) is 0 Å². The number of carbonyl (C=O) groups excluding carboxylic acids is 2. The van der Waals surface area contributed by atoms with Crippen LogP contribution >= 0.6 is 0 Å². The van der Waals surface area contributed by atoms with E-state index in [0.29, 0.717) is 16.2 Å². The van der Waals surface area contributed by atoms with E-state index in [0.717, 1.165) is 16.8 Å². The minimum Gasteiger partial charge on any atom is -0.245 e. The van der Waals surface area contributed by atoms with Crippen LogP contribution in [0.4, 0.5) is 23.8 Å². The summed E-state index contributed by atoms with van der Waals surface area (Å²) in [5, 5.41) is 0. The lowest BCUT2D eigenvalue weighted by Gasteiger charge is -2.25. The minimum absolute atomic E-state index is 0.0120. The number of imide groups is 1. The van der Waals surface area contributed by atoms with Gasteiger partial charge in [0.05, 0.1) is 7.05 Å². The van der Waals surface area contributed by atoms with Gasteiger partial charge in [0.25, 0.3) is 0 Å². The van der Waals surface area contributed by atoms with Gasteiger partial charge in [-0.05, 0) is 24.3 Å². The first-order valence-electron chi connectivity index (χ1n) is 9.25. The van der Waals surface area contributed by atoms with Crippen molar-refractivity contribution < 1.29 is 27.3 Å². The van der Waals surface area contributed by atoms with Gasteiger partial charge < -0.3 is 0 Å².